The largest absolute Gasteiger partial charge is 0.416 e. The van der Waals surface area contributed by atoms with Gasteiger partial charge in [-0.15, -0.1) is 32.9 Å². The Balaban J connectivity index is 1.36. The molecule has 4 rings (SSSR count). The number of halogens is 1. The van der Waals surface area contributed by atoms with Gasteiger partial charge in [0.1, 0.15) is 5.82 Å². The van der Waals surface area contributed by atoms with E-state index in [0.717, 1.165) is 21.1 Å². The Labute approximate surface area is 184 Å². The van der Waals surface area contributed by atoms with E-state index < -0.39 is 0 Å². The molecule has 0 spiro atoms. The molecule has 0 radical (unpaired) electrons. The summed E-state index contributed by atoms with van der Waals surface area (Å²) in [6, 6.07) is 9.65. The number of amides is 1. The zero-order valence-corrected chi connectivity index (χ0v) is 18.3. The van der Waals surface area contributed by atoms with Gasteiger partial charge in [-0.2, -0.15) is 0 Å². The summed E-state index contributed by atoms with van der Waals surface area (Å²) in [5, 5.41) is 16.2. The lowest BCUT2D eigenvalue weighted by atomic mass is 10.1. The molecule has 6 nitrogen and oxygen atoms in total. The molecule has 4 aromatic rings. The Morgan fingerprint density at radius 2 is 2.07 bits per heavy atom. The highest BCUT2D eigenvalue weighted by Gasteiger charge is 2.19. The summed E-state index contributed by atoms with van der Waals surface area (Å²) in [7, 11) is 0. The number of carbonyl (C=O) groups is 1. The Bertz CT molecular complexity index is 1110. The smallest absolute Gasteiger partial charge is 0.277 e. The average Bonchev–Trinajstić information content (AvgIpc) is 3.49. The maximum Gasteiger partial charge on any atom is 0.277 e. The van der Waals surface area contributed by atoms with Crippen molar-refractivity contribution < 1.29 is 13.6 Å². The van der Waals surface area contributed by atoms with Crippen LogP contribution in [0.25, 0.3) is 0 Å². The monoisotopic (exact) mass is 460 g/mol. The molecular weight excluding hydrogens is 443 g/mol. The Kier molecular flexibility index (Phi) is 6.56. The van der Waals surface area contributed by atoms with Crippen LogP contribution in [0.15, 0.2) is 56.8 Å². The quantitative estimate of drug-likeness (QED) is 0.386. The highest BCUT2D eigenvalue weighted by Crippen LogP contribution is 2.27. The van der Waals surface area contributed by atoms with Gasteiger partial charge >= 0.3 is 0 Å². The van der Waals surface area contributed by atoms with Crippen LogP contribution in [0, 0.1) is 12.7 Å². The first-order valence-corrected chi connectivity index (χ1v) is 11.8. The van der Waals surface area contributed by atoms with Crippen LogP contribution in [0.4, 0.5) is 4.39 Å². The van der Waals surface area contributed by atoms with Gasteiger partial charge in [-0.3, -0.25) is 4.79 Å². The fourth-order valence-corrected chi connectivity index (χ4v) is 4.78. The van der Waals surface area contributed by atoms with E-state index >= 15 is 0 Å². The van der Waals surface area contributed by atoms with E-state index in [4.69, 9.17) is 4.42 Å². The number of thioether (sulfide) groups is 1. The molecule has 0 aliphatic heterocycles. The van der Waals surface area contributed by atoms with Gasteiger partial charge in [0.25, 0.3) is 5.22 Å². The fraction of sp³-hybridized carbons (Fsp3) is 0.200. The topological polar surface area (TPSA) is 80.9 Å². The maximum atomic E-state index is 13.3. The Morgan fingerprint density at radius 1 is 1.23 bits per heavy atom. The summed E-state index contributed by atoms with van der Waals surface area (Å²) in [6.07, 6.45) is 0.467. The summed E-state index contributed by atoms with van der Waals surface area (Å²) < 4.78 is 18.9. The number of hydrogen-bond donors (Lipinski definition) is 1. The minimum atomic E-state index is -0.343. The molecule has 3 heterocycles. The van der Waals surface area contributed by atoms with Gasteiger partial charge in [0.15, 0.2) is 0 Å². The summed E-state index contributed by atoms with van der Waals surface area (Å²) in [5.74, 6) is 0.0923. The van der Waals surface area contributed by atoms with Gasteiger partial charge in [-0.05, 0) is 36.1 Å². The Morgan fingerprint density at radius 3 is 2.77 bits per heavy atom. The lowest BCUT2D eigenvalue weighted by Crippen LogP contribution is -2.30. The number of carbonyl (C=O) groups excluding carboxylic acids is 1. The number of nitrogens with one attached hydrogen (secondary N) is 1. The van der Waals surface area contributed by atoms with Crippen LogP contribution in [-0.2, 0) is 11.2 Å². The number of benzene rings is 1. The second kappa shape index (κ2) is 9.50. The van der Waals surface area contributed by atoms with Gasteiger partial charge in [0.2, 0.25) is 11.8 Å². The van der Waals surface area contributed by atoms with Crippen molar-refractivity contribution in [2.24, 2.45) is 0 Å². The van der Waals surface area contributed by atoms with E-state index in [2.05, 4.69) is 20.5 Å². The van der Waals surface area contributed by atoms with Gasteiger partial charge in [0.05, 0.1) is 28.9 Å². The molecule has 0 bridgehead atoms. The number of nitrogens with zero attached hydrogens (tertiary/aromatic N) is 3. The van der Waals surface area contributed by atoms with Crippen molar-refractivity contribution in [3.8, 4) is 0 Å². The normalized spacial score (nSPS) is 12.1. The summed E-state index contributed by atoms with van der Waals surface area (Å²) in [6.45, 7) is 1.94. The molecule has 154 valence electrons. The second-order valence-corrected chi connectivity index (χ2v) is 9.32. The number of aromatic nitrogens is 3. The zero-order valence-electron chi connectivity index (χ0n) is 15.9. The maximum absolute atomic E-state index is 13.3. The van der Waals surface area contributed by atoms with Gasteiger partial charge < -0.3 is 9.73 Å². The molecule has 0 saturated heterocycles. The molecule has 10 heteroatoms. The van der Waals surface area contributed by atoms with E-state index in [0.29, 0.717) is 17.5 Å². The Hall–Kier alpha value is -2.56. The van der Waals surface area contributed by atoms with Crippen LogP contribution < -0.4 is 5.32 Å². The molecule has 30 heavy (non-hydrogen) atoms. The van der Waals surface area contributed by atoms with Crippen LogP contribution in [0.5, 0.6) is 0 Å². The highest BCUT2D eigenvalue weighted by atomic mass is 32.2. The first kappa shape index (κ1) is 20.7. The number of rotatable bonds is 8. The summed E-state index contributed by atoms with van der Waals surface area (Å²) >= 11 is 4.28. The number of thiophene rings is 1. The van der Waals surface area contributed by atoms with E-state index in [1.165, 1.54) is 35.2 Å². The van der Waals surface area contributed by atoms with Gasteiger partial charge in [-0.1, -0.05) is 30.0 Å². The molecule has 0 saturated carbocycles. The van der Waals surface area contributed by atoms with Crippen molar-refractivity contribution in [2.45, 2.75) is 24.6 Å². The van der Waals surface area contributed by atoms with E-state index in [9.17, 15) is 9.18 Å². The van der Waals surface area contributed by atoms with E-state index in [1.54, 1.807) is 23.5 Å². The number of aryl methyl sites for hydroxylation is 1. The van der Waals surface area contributed by atoms with Crippen molar-refractivity contribution in [1.29, 1.82) is 0 Å². The van der Waals surface area contributed by atoms with Gasteiger partial charge in [-0.25, -0.2) is 9.37 Å². The van der Waals surface area contributed by atoms with Crippen LogP contribution in [0.2, 0.25) is 0 Å². The first-order chi connectivity index (χ1) is 14.6. The van der Waals surface area contributed by atoms with Crippen LogP contribution in [0.3, 0.4) is 0 Å². The van der Waals surface area contributed by atoms with Crippen molar-refractivity contribution in [2.75, 3.05) is 5.75 Å². The van der Waals surface area contributed by atoms with Crippen molar-refractivity contribution in [1.82, 2.24) is 20.5 Å². The minimum Gasteiger partial charge on any atom is -0.416 e. The SMILES string of the molecule is Cc1nc(Cc2nnc(SCC(=O)NC(c3ccc(F)cc3)c3cccs3)o2)cs1. The summed E-state index contributed by atoms with van der Waals surface area (Å²) in [5.41, 5.74) is 1.70. The summed E-state index contributed by atoms with van der Waals surface area (Å²) in [4.78, 5) is 17.9. The molecule has 0 fully saturated rings. The first-order valence-electron chi connectivity index (χ1n) is 9.01. The van der Waals surface area contributed by atoms with Crippen molar-refractivity contribution in [3.05, 3.63) is 80.0 Å². The van der Waals surface area contributed by atoms with E-state index in [1.807, 2.05) is 29.8 Å². The van der Waals surface area contributed by atoms with Gasteiger partial charge in [0, 0.05) is 10.3 Å². The molecule has 1 N–H and O–H groups in total. The predicted molar refractivity (Wildman–Crippen MR) is 115 cm³/mol. The molecule has 0 aliphatic carbocycles. The van der Waals surface area contributed by atoms with Crippen LogP contribution >= 0.6 is 34.4 Å². The molecule has 0 aliphatic rings. The van der Waals surface area contributed by atoms with Crippen molar-refractivity contribution >= 4 is 40.3 Å². The van der Waals surface area contributed by atoms with Crippen LogP contribution in [0.1, 0.15) is 33.1 Å². The molecule has 1 aromatic carbocycles. The minimum absolute atomic E-state index is 0.126. The standard InChI is InChI=1S/C20H17FN4O2S3/c1-12-22-15(10-29-12)9-18-24-25-20(27-18)30-11-17(26)23-19(16-3-2-8-28-16)13-4-6-14(21)7-5-13/h2-8,10,19H,9,11H2,1H3,(H,23,26). The fourth-order valence-electron chi connectivity index (χ4n) is 2.77. The molecular formula is C20H17FN4O2S3. The number of thiazole rings is 1. The lowest BCUT2D eigenvalue weighted by Gasteiger charge is -2.18. The second-order valence-electron chi connectivity index (χ2n) is 6.35. The molecule has 1 atom stereocenters. The molecule has 1 amide bonds. The highest BCUT2D eigenvalue weighted by molar-refractivity contribution is 7.99. The third-order valence-corrected chi connectivity index (χ3v) is 6.69. The predicted octanol–water partition coefficient (Wildman–Crippen LogP) is 4.62. The van der Waals surface area contributed by atoms with Crippen LogP contribution in [-0.4, -0.2) is 26.8 Å². The zero-order chi connectivity index (χ0) is 20.9. The average molecular weight is 461 g/mol. The molecule has 1 unspecified atom stereocenters. The number of hydrogen-bond acceptors (Lipinski definition) is 8. The van der Waals surface area contributed by atoms with E-state index in [-0.39, 0.29) is 23.5 Å². The van der Waals surface area contributed by atoms with Crippen molar-refractivity contribution in [3.63, 3.8) is 0 Å². The third-order valence-electron chi connectivity index (χ3n) is 4.11. The third kappa shape index (κ3) is 5.32. The molecule has 3 aromatic heterocycles. The lowest BCUT2D eigenvalue weighted by molar-refractivity contribution is -0.119.